The van der Waals surface area contributed by atoms with E-state index in [4.69, 9.17) is 26.3 Å². The van der Waals surface area contributed by atoms with Crippen LogP contribution in [0.3, 0.4) is 0 Å². The number of carbonyl (C=O) groups is 2. The van der Waals surface area contributed by atoms with Gasteiger partial charge < -0.3 is 21.6 Å². The van der Waals surface area contributed by atoms with Crippen LogP contribution >= 0.6 is 23.1 Å². The van der Waals surface area contributed by atoms with Gasteiger partial charge >= 0.3 is 10.4 Å². The molecule has 1 saturated heterocycles. The quantitative estimate of drug-likeness (QED) is 0.0482. The summed E-state index contributed by atoms with van der Waals surface area (Å²) in [6.45, 7) is 2.96. The van der Waals surface area contributed by atoms with Gasteiger partial charge in [-0.1, -0.05) is 17.3 Å². The molecular weight excluding hydrogens is 534 g/mol. The van der Waals surface area contributed by atoms with Crippen LogP contribution in [0.5, 0.6) is 0 Å². The Morgan fingerprint density at radius 3 is 2.75 bits per heavy atom. The van der Waals surface area contributed by atoms with Crippen LogP contribution in [0.2, 0.25) is 0 Å². The van der Waals surface area contributed by atoms with Crippen molar-refractivity contribution in [2.24, 2.45) is 10.9 Å². The number of carbonyl (C=O) groups excluding carboxylic acids is 2. The van der Waals surface area contributed by atoms with Crippen molar-refractivity contribution in [2.45, 2.75) is 30.3 Å². The third-order valence-electron chi connectivity index (χ3n) is 4.85. The van der Waals surface area contributed by atoms with E-state index in [1.165, 1.54) is 31.0 Å². The van der Waals surface area contributed by atoms with Gasteiger partial charge in [0.1, 0.15) is 24.2 Å². The number of nitrogens with one attached hydrogen (secondary N) is 2. The molecule has 36 heavy (non-hydrogen) atoms. The maximum atomic E-state index is 13.0. The van der Waals surface area contributed by atoms with Crippen LogP contribution in [0.4, 0.5) is 5.13 Å². The molecule has 1 fully saturated rings. The fraction of sp³-hybridized carbons (Fsp3) is 0.316. The van der Waals surface area contributed by atoms with Gasteiger partial charge in [-0.15, -0.1) is 27.4 Å². The summed E-state index contributed by atoms with van der Waals surface area (Å²) in [7, 11) is -4.93. The lowest BCUT2D eigenvalue weighted by Gasteiger charge is -2.50. The Morgan fingerprint density at radius 2 is 2.17 bits per heavy atom. The minimum Gasteiger partial charge on any atom is -0.394 e. The molecule has 3 rings (SSSR count). The van der Waals surface area contributed by atoms with Gasteiger partial charge in [0.15, 0.2) is 10.8 Å². The molecule has 1 atom stereocenters. The number of thiazole rings is 1. The van der Waals surface area contributed by atoms with Crippen molar-refractivity contribution >= 4 is 62.0 Å². The van der Waals surface area contributed by atoms with E-state index in [9.17, 15) is 18.0 Å². The smallest absolute Gasteiger partial charge is 0.394 e. The van der Waals surface area contributed by atoms with Crippen molar-refractivity contribution in [3.05, 3.63) is 40.9 Å². The number of hydroxylamine groups is 2. The summed E-state index contributed by atoms with van der Waals surface area (Å²) in [4.78, 5) is 35.5. The molecule has 1 aliphatic rings. The molecule has 0 aliphatic carbocycles. The molecular formula is C19H23N7O7S3. The Labute approximate surface area is 214 Å². The molecule has 17 heteroatoms. The molecule has 7 N–H and O–H groups in total. The molecule has 1 aromatic carbocycles. The summed E-state index contributed by atoms with van der Waals surface area (Å²) >= 11 is 2.50. The average Bonchev–Trinajstić information content (AvgIpc) is 3.23. The zero-order chi connectivity index (χ0) is 26.7. The SMILES string of the molecule is CC1(C)[C@H](NC(=O)C(=NOCCSc2cccc(C(=N)N)c2)c2csc(N)n2)C(=O)N1OS(=O)(=O)O. The molecule has 0 saturated carbocycles. The second kappa shape index (κ2) is 10.8. The molecule has 2 heterocycles. The first kappa shape index (κ1) is 27.3. The number of amides is 2. The highest BCUT2D eigenvalue weighted by Crippen LogP contribution is 2.33. The van der Waals surface area contributed by atoms with E-state index in [1.54, 1.807) is 18.2 Å². The maximum Gasteiger partial charge on any atom is 0.418 e. The Bertz CT molecular complexity index is 1310. The van der Waals surface area contributed by atoms with E-state index in [2.05, 4.69) is 19.7 Å². The summed E-state index contributed by atoms with van der Waals surface area (Å²) < 4.78 is 35.1. The molecule has 0 spiro atoms. The van der Waals surface area contributed by atoms with Crippen molar-refractivity contribution in [2.75, 3.05) is 18.1 Å². The van der Waals surface area contributed by atoms with Crippen LogP contribution in [0, 0.1) is 5.41 Å². The summed E-state index contributed by atoms with van der Waals surface area (Å²) in [6, 6.07) is 5.93. The molecule has 2 amide bonds. The van der Waals surface area contributed by atoms with Gasteiger partial charge in [0.2, 0.25) is 0 Å². The van der Waals surface area contributed by atoms with Crippen molar-refractivity contribution in [3.63, 3.8) is 0 Å². The Morgan fingerprint density at radius 1 is 1.44 bits per heavy atom. The van der Waals surface area contributed by atoms with Gasteiger partial charge in [-0.05, 0) is 26.0 Å². The predicted molar refractivity (Wildman–Crippen MR) is 133 cm³/mol. The lowest BCUT2D eigenvalue weighted by molar-refractivity contribution is -0.218. The fourth-order valence-electron chi connectivity index (χ4n) is 3.08. The van der Waals surface area contributed by atoms with E-state index in [-0.39, 0.29) is 29.0 Å². The van der Waals surface area contributed by atoms with E-state index >= 15 is 0 Å². The van der Waals surface area contributed by atoms with Crippen LogP contribution in [-0.2, 0) is 29.1 Å². The topological polar surface area (TPSA) is 223 Å². The number of nitrogen functional groups attached to an aromatic ring is 2. The van der Waals surface area contributed by atoms with Gasteiger partial charge in [0.25, 0.3) is 11.8 Å². The van der Waals surface area contributed by atoms with Crippen molar-refractivity contribution < 1.29 is 31.7 Å². The van der Waals surface area contributed by atoms with Crippen molar-refractivity contribution in [1.82, 2.24) is 15.4 Å². The fourth-order valence-corrected chi connectivity index (χ4v) is 4.86. The van der Waals surface area contributed by atoms with E-state index in [0.29, 0.717) is 16.4 Å². The highest BCUT2D eigenvalue weighted by Gasteiger charge is 2.58. The normalized spacial score (nSPS) is 17.4. The number of nitrogens with zero attached hydrogens (tertiary/aromatic N) is 3. The van der Waals surface area contributed by atoms with E-state index < -0.39 is 33.8 Å². The number of hydrogen-bond acceptors (Lipinski definition) is 12. The molecule has 1 aliphatic heterocycles. The number of rotatable bonds is 11. The zero-order valence-electron chi connectivity index (χ0n) is 19.0. The maximum absolute atomic E-state index is 13.0. The minimum atomic E-state index is -4.93. The molecule has 0 radical (unpaired) electrons. The Hall–Kier alpha value is -3.25. The lowest BCUT2D eigenvalue weighted by Crippen LogP contribution is -2.76. The zero-order valence-corrected chi connectivity index (χ0v) is 21.4. The first-order chi connectivity index (χ1) is 16.8. The molecule has 0 unspecified atom stereocenters. The number of benzene rings is 1. The number of oxime groups is 1. The van der Waals surface area contributed by atoms with E-state index in [1.807, 2.05) is 6.07 Å². The standard InChI is InChI=1S/C19H23N7O7S3/c1-19(2)14(17(28)26(19)33-36(29,30)31)24-16(27)13(12-9-35-18(22)23-12)25-32-6-7-34-11-5-3-4-10(8-11)15(20)21/h3-5,8-9,14H,6-7H2,1-2H3,(H3,20,21)(H2,22,23)(H,24,27)(H,29,30,31)/t14-/m1/s1. The monoisotopic (exact) mass is 557 g/mol. The van der Waals surface area contributed by atoms with Crippen LogP contribution in [-0.4, -0.2) is 70.3 Å². The number of β-lactam (4-membered cyclic amide) rings is 1. The van der Waals surface area contributed by atoms with Gasteiger partial charge in [-0.25, -0.2) is 4.98 Å². The summed E-state index contributed by atoms with van der Waals surface area (Å²) in [5.41, 5.74) is 10.3. The molecule has 2 aromatic rings. The highest BCUT2D eigenvalue weighted by molar-refractivity contribution is 7.99. The Balaban J connectivity index is 1.65. The predicted octanol–water partition coefficient (Wildman–Crippen LogP) is 0.362. The number of anilines is 1. The largest absolute Gasteiger partial charge is 0.418 e. The second-order valence-corrected chi connectivity index (χ2v) is 10.9. The van der Waals surface area contributed by atoms with Crippen LogP contribution in [0.15, 0.2) is 39.7 Å². The number of aromatic nitrogens is 1. The summed E-state index contributed by atoms with van der Waals surface area (Å²) in [5, 5.41) is 15.9. The highest BCUT2D eigenvalue weighted by atomic mass is 32.3. The number of thioether (sulfide) groups is 1. The minimum absolute atomic E-state index is 0.0442. The lowest BCUT2D eigenvalue weighted by atomic mass is 9.84. The van der Waals surface area contributed by atoms with E-state index in [0.717, 1.165) is 16.2 Å². The third-order valence-corrected chi connectivity index (χ3v) is 6.81. The van der Waals surface area contributed by atoms with Gasteiger partial charge in [-0.2, -0.15) is 13.5 Å². The molecule has 14 nitrogen and oxygen atoms in total. The molecule has 1 aromatic heterocycles. The van der Waals surface area contributed by atoms with Gasteiger partial charge in [0, 0.05) is 21.6 Å². The summed E-state index contributed by atoms with van der Waals surface area (Å²) in [5.74, 6) is -1.31. The van der Waals surface area contributed by atoms with Crippen molar-refractivity contribution in [3.8, 4) is 0 Å². The van der Waals surface area contributed by atoms with Crippen LogP contribution < -0.4 is 16.8 Å². The summed E-state index contributed by atoms with van der Waals surface area (Å²) in [6.07, 6.45) is 0. The van der Waals surface area contributed by atoms with Crippen LogP contribution in [0.1, 0.15) is 25.1 Å². The first-order valence-corrected chi connectivity index (χ1v) is 13.3. The molecule has 0 bridgehead atoms. The number of nitrogens with two attached hydrogens (primary N) is 2. The van der Waals surface area contributed by atoms with Crippen molar-refractivity contribution in [1.29, 1.82) is 5.41 Å². The third kappa shape index (κ3) is 6.49. The second-order valence-electron chi connectivity index (χ2n) is 7.83. The number of hydrogen-bond donors (Lipinski definition) is 5. The van der Waals surface area contributed by atoms with Gasteiger partial charge in [0.05, 0.1) is 5.54 Å². The molecule has 194 valence electrons. The van der Waals surface area contributed by atoms with Crippen LogP contribution in [0.25, 0.3) is 0 Å². The Kier molecular flexibility index (Phi) is 8.19. The van der Waals surface area contributed by atoms with Gasteiger partial charge in [-0.3, -0.25) is 19.6 Å². The number of amidine groups is 1. The first-order valence-electron chi connectivity index (χ1n) is 10.1. The average molecular weight is 558 g/mol.